The number of nitrogens with one attached hydrogen (secondary N) is 2. The van der Waals surface area contributed by atoms with E-state index in [1.165, 1.54) is 11.8 Å². The third-order valence-corrected chi connectivity index (χ3v) is 6.53. The van der Waals surface area contributed by atoms with Gasteiger partial charge in [-0.1, -0.05) is 51.4 Å². The average molecular weight is 481 g/mol. The van der Waals surface area contributed by atoms with Crippen LogP contribution in [-0.2, 0) is 11.8 Å². The number of nitrogens with zero attached hydrogens (tertiary/aromatic N) is 1. The van der Waals surface area contributed by atoms with Crippen molar-refractivity contribution in [1.29, 1.82) is 0 Å². The standard InChI is InChI=1S/C18H24N2OS2.C3H9N3.CH3NO/c1-13-6-8-14(9-7-13)15-10-16(20(4)11-15)17(21)19-12-18(2,3)23-22-5;1-6-2-3(4)5;2-1-3/h6-11H,12H2,1-5H3,(H,19,21);2,6H,4-5H2,1H3;1H,(H2,2,3). The van der Waals surface area contributed by atoms with E-state index in [4.69, 9.17) is 16.3 Å². The summed E-state index contributed by atoms with van der Waals surface area (Å²) < 4.78 is 1.90. The van der Waals surface area contributed by atoms with Gasteiger partial charge in [-0.3, -0.25) is 9.59 Å². The maximum atomic E-state index is 12.5. The van der Waals surface area contributed by atoms with Gasteiger partial charge in [0.05, 0.1) is 0 Å². The van der Waals surface area contributed by atoms with Crippen LogP contribution in [0.1, 0.15) is 29.9 Å². The zero-order valence-electron chi connectivity index (χ0n) is 19.6. The van der Waals surface area contributed by atoms with Crippen molar-refractivity contribution < 1.29 is 9.59 Å². The second-order valence-electron chi connectivity index (χ2n) is 7.35. The molecule has 2 aromatic rings. The minimum atomic E-state index is -0.0272. The number of benzene rings is 1. The number of hydrogen-bond acceptors (Lipinski definition) is 7. The summed E-state index contributed by atoms with van der Waals surface area (Å²) in [6.45, 7) is 6.98. The zero-order valence-corrected chi connectivity index (χ0v) is 21.3. The van der Waals surface area contributed by atoms with E-state index in [9.17, 15) is 4.79 Å². The lowest BCUT2D eigenvalue weighted by molar-refractivity contribution is -0.106. The first-order valence-electron chi connectivity index (χ1n) is 9.78. The highest BCUT2D eigenvalue weighted by Gasteiger charge is 2.21. The molecule has 1 aromatic heterocycles. The van der Waals surface area contributed by atoms with Crippen LogP contribution in [0.4, 0.5) is 0 Å². The monoisotopic (exact) mass is 480 g/mol. The van der Waals surface area contributed by atoms with Gasteiger partial charge in [0.2, 0.25) is 6.41 Å². The lowest BCUT2D eigenvalue weighted by atomic mass is 10.1. The molecule has 10 heteroatoms. The van der Waals surface area contributed by atoms with Crippen molar-refractivity contribution in [3.63, 3.8) is 0 Å². The Morgan fingerprint density at radius 2 is 1.75 bits per heavy atom. The van der Waals surface area contributed by atoms with Gasteiger partial charge in [0.15, 0.2) is 0 Å². The molecular weight excluding hydrogens is 444 g/mol. The van der Waals surface area contributed by atoms with Crippen LogP contribution in [0.5, 0.6) is 0 Å². The van der Waals surface area contributed by atoms with Crippen molar-refractivity contribution in [2.24, 2.45) is 24.2 Å². The number of hydrogen-bond donors (Lipinski definition) is 5. The van der Waals surface area contributed by atoms with Crippen molar-refractivity contribution in [2.75, 3.05) is 19.8 Å². The number of carbonyl (C=O) groups is 2. The summed E-state index contributed by atoms with van der Waals surface area (Å²) in [6, 6.07) is 10.3. The SMILES string of the molecule is CNC=C(N)N.CSSC(C)(C)CNC(=O)c1cc(-c2ccc(C)cc2)cn1C.NC=O. The number of aromatic nitrogens is 1. The molecule has 1 aromatic carbocycles. The molecule has 2 amide bonds. The second kappa shape index (κ2) is 15.1. The Morgan fingerprint density at radius 1 is 1.19 bits per heavy atom. The van der Waals surface area contributed by atoms with Gasteiger partial charge in [0, 0.05) is 43.3 Å². The van der Waals surface area contributed by atoms with Gasteiger partial charge in [-0.05, 0) is 38.7 Å². The van der Waals surface area contributed by atoms with Gasteiger partial charge in [-0.25, -0.2) is 0 Å². The molecule has 0 saturated carbocycles. The molecule has 1 heterocycles. The predicted molar refractivity (Wildman–Crippen MR) is 139 cm³/mol. The van der Waals surface area contributed by atoms with Gasteiger partial charge < -0.3 is 32.4 Å². The molecule has 32 heavy (non-hydrogen) atoms. The smallest absolute Gasteiger partial charge is 0.267 e. The summed E-state index contributed by atoms with van der Waals surface area (Å²) in [6.07, 6.45) is 5.82. The van der Waals surface area contributed by atoms with Crippen molar-refractivity contribution >= 4 is 33.9 Å². The molecule has 0 fully saturated rings. The molecule has 0 aliphatic rings. The molecule has 2 rings (SSSR count). The van der Waals surface area contributed by atoms with Gasteiger partial charge in [-0.2, -0.15) is 0 Å². The highest BCUT2D eigenvalue weighted by Crippen LogP contribution is 2.33. The molecule has 8 N–H and O–H groups in total. The minimum absolute atomic E-state index is 0.0139. The van der Waals surface area contributed by atoms with E-state index in [2.05, 4.69) is 67.7 Å². The Bertz CT molecular complexity index is 860. The van der Waals surface area contributed by atoms with Gasteiger partial charge in [0.1, 0.15) is 11.5 Å². The Labute approximate surface area is 199 Å². The molecule has 0 bridgehead atoms. The van der Waals surface area contributed by atoms with E-state index in [0.29, 0.717) is 18.1 Å². The van der Waals surface area contributed by atoms with E-state index in [0.717, 1.165) is 11.1 Å². The fraction of sp³-hybridized carbons (Fsp3) is 0.364. The molecule has 0 aliphatic carbocycles. The highest BCUT2D eigenvalue weighted by molar-refractivity contribution is 8.76. The number of rotatable bonds is 7. The number of nitrogens with two attached hydrogens (primary N) is 3. The zero-order chi connectivity index (χ0) is 24.7. The number of carbonyl (C=O) groups excluding carboxylic acids is 2. The highest BCUT2D eigenvalue weighted by atomic mass is 33.1. The van der Waals surface area contributed by atoms with E-state index < -0.39 is 0 Å². The molecule has 178 valence electrons. The first kappa shape index (κ1) is 29.3. The largest absolute Gasteiger partial charge is 0.391 e. The summed E-state index contributed by atoms with van der Waals surface area (Å²) in [5, 5.41) is 5.70. The third-order valence-electron chi connectivity index (χ3n) is 3.92. The Hall–Kier alpha value is -2.72. The molecule has 0 spiro atoms. The van der Waals surface area contributed by atoms with Crippen LogP contribution in [0.3, 0.4) is 0 Å². The summed E-state index contributed by atoms with van der Waals surface area (Å²) in [4.78, 5) is 21.1. The van der Waals surface area contributed by atoms with E-state index >= 15 is 0 Å². The van der Waals surface area contributed by atoms with Crippen molar-refractivity contribution in [1.82, 2.24) is 15.2 Å². The van der Waals surface area contributed by atoms with Crippen molar-refractivity contribution in [3.05, 3.63) is 59.8 Å². The third kappa shape index (κ3) is 11.6. The van der Waals surface area contributed by atoms with E-state index in [1.54, 1.807) is 28.6 Å². The molecule has 0 radical (unpaired) electrons. The first-order valence-corrected chi connectivity index (χ1v) is 12.3. The van der Waals surface area contributed by atoms with Gasteiger partial charge >= 0.3 is 0 Å². The molecule has 8 nitrogen and oxygen atoms in total. The Morgan fingerprint density at radius 3 is 2.19 bits per heavy atom. The Balaban J connectivity index is 0.000000908. The summed E-state index contributed by atoms with van der Waals surface area (Å²) >= 11 is 0. The molecule has 0 aliphatic heterocycles. The Kier molecular flexibility index (Phi) is 13.9. The lowest BCUT2D eigenvalue weighted by Gasteiger charge is -2.22. The van der Waals surface area contributed by atoms with Crippen LogP contribution in [-0.4, -0.2) is 41.5 Å². The number of amides is 2. The second-order valence-corrected chi connectivity index (χ2v) is 10.5. The maximum Gasteiger partial charge on any atom is 0.267 e. The fourth-order valence-corrected chi connectivity index (χ4v) is 4.61. The van der Waals surface area contributed by atoms with Crippen LogP contribution >= 0.6 is 21.6 Å². The average Bonchev–Trinajstić information content (AvgIpc) is 3.09. The van der Waals surface area contributed by atoms with Crippen molar-refractivity contribution in [2.45, 2.75) is 25.5 Å². The lowest BCUT2D eigenvalue weighted by Crippen LogP contribution is -2.36. The predicted octanol–water partition coefficient (Wildman–Crippen LogP) is 2.54. The number of primary amides is 1. The summed E-state index contributed by atoms with van der Waals surface area (Å²) in [5.41, 5.74) is 18.2. The van der Waals surface area contributed by atoms with Crippen LogP contribution < -0.4 is 27.8 Å². The van der Waals surface area contributed by atoms with Gasteiger partial charge in [0.25, 0.3) is 5.91 Å². The van der Waals surface area contributed by atoms with E-state index in [1.807, 2.05) is 23.9 Å². The quantitative estimate of drug-likeness (QED) is 0.303. The molecular formula is C22H36N6O2S2. The molecule has 0 atom stereocenters. The van der Waals surface area contributed by atoms with E-state index in [-0.39, 0.29) is 17.1 Å². The molecule has 0 unspecified atom stereocenters. The first-order chi connectivity index (χ1) is 15.0. The number of aryl methyl sites for hydroxylation is 2. The van der Waals surface area contributed by atoms with Crippen molar-refractivity contribution in [3.8, 4) is 11.1 Å². The fourth-order valence-electron chi connectivity index (χ4n) is 2.50. The van der Waals surface area contributed by atoms with Gasteiger partial charge in [-0.15, -0.1) is 0 Å². The molecule has 0 saturated heterocycles. The topological polar surface area (TPSA) is 141 Å². The van der Waals surface area contributed by atoms with Crippen LogP contribution in [0.2, 0.25) is 0 Å². The van der Waals surface area contributed by atoms with Crippen LogP contribution in [0, 0.1) is 6.92 Å². The van der Waals surface area contributed by atoms with Crippen LogP contribution in [0.15, 0.2) is 48.5 Å². The minimum Gasteiger partial charge on any atom is -0.391 e. The summed E-state index contributed by atoms with van der Waals surface area (Å²) in [7, 11) is 7.14. The maximum absolute atomic E-state index is 12.5. The van der Waals surface area contributed by atoms with Crippen LogP contribution in [0.25, 0.3) is 11.1 Å². The normalized spacial score (nSPS) is 9.94. The summed E-state index contributed by atoms with van der Waals surface area (Å²) in [5.74, 6) is 0.276.